The molecule has 158 valence electrons. The van der Waals surface area contributed by atoms with Crippen molar-refractivity contribution in [3.05, 3.63) is 48.5 Å². The average molecular weight is 414 g/mol. The molecule has 0 aliphatic carbocycles. The van der Waals surface area contributed by atoms with Crippen LogP contribution in [0.2, 0.25) is 0 Å². The number of benzene rings is 2. The van der Waals surface area contributed by atoms with Crippen LogP contribution < -0.4 is 4.90 Å². The van der Waals surface area contributed by atoms with E-state index in [1.165, 1.54) is 64.2 Å². The van der Waals surface area contributed by atoms with Gasteiger partial charge in [0.25, 0.3) is 0 Å². The molecular weight excluding hydrogens is 378 g/mol. The average Bonchev–Trinajstić information content (AvgIpc) is 2.74. The van der Waals surface area contributed by atoms with Gasteiger partial charge in [-0.3, -0.25) is 0 Å². The summed E-state index contributed by atoms with van der Waals surface area (Å²) in [5, 5.41) is 0. The summed E-state index contributed by atoms with van der Waals surface area (Å²) < 4.78 is 25.9. The van der Waals surface area contributed by atoms with Crippen LogP contribution >= 0.6 is 0 Å². The van der Waals surface area contributed by atoms with Crippen LogP contribution in [-0.2, 0) is 9.84 Å². The van der Waals surface area contributed by atoms with E-state index in [4.69, 9.17) is 0 Å². The largest absolute Gasteiger partial charge is 0.339 e. The molecular formula is C25H35NO2S. The molecule has 0 bridgehead atoms. The first-order chi connectivity index (χ1) is 14.2. The van der Waals surface area contributed by atoms with Gasteiger partial charge in [-0.25, -0.2) is 8.42 Å². The lowest BCUT2D eigenvalue weighted by molar-refractivity contribution is 0.550. The van der Waals surface area contributed by atoms with Crippen molar-refractivity contribution in [2.75, 3.05) is 11.4 Å². The second-order valence-electron chi connectivity index (χ2n) is 8.13. The van der Waals surface area contributed by atoms with Gasteiger partial charge < -0.3 is 4.90 Å². The zero-order valence-corrected chi connectivity index (χ0v) is 18.6. The van der Waals surface area contributed by atoms with Crippen LogP contribution in [0.5, 0.6) is 0 Å². The van der Waals surface area contributed by atoms with Crippen molar-refractivity contribution in [1.82, 2.24) is 0 Å². The van der Waals surface area contributed by atoms with Gasteiger partial charge >= 0.3 is 0 Å². The summed E-state index contributed by atoms with van der Waals surface area (Å²) in [6, 6.07) is 14.8. The van der Waals surface area contributed by atoms with Crippen molar-refractivity contribution in [3.63, 3.8) is 0 Å². The Labute approximate surface area is 177 Å². The molecule has 0 fully saturated rings. The fraction of sp³-hybridized carbons (Fsp3) is 0.520. The van der Waals surface area contributed by atoms with Gasteiger partial charge in [-0.15, -0.1) is 0 Å². The highest BCUT2D eigenvalue weighted by Crippen LogP contribution is 2.43. The van der Waals surface area contributed by atoms with Gasteiger partial charge in [-0.05, 0) is 30.7 Å². The molecule has 3 rings (SSSR count). The molecule has 0 amide bonds. The van der Waals surface area contributed by atoms with E-state index in [0.29, 0.717) is 9.79 Å². The lowest BCUT2D eigenvalue weighted by Gasteiger charge is -2.32. The topological polar surface area (TPSA) is 37.4 Å². The molecule has 0 saturated heterocycles. The molecule has 0 N–H and O–H groups in total. The first-order valence-corrected chi connectivity index (χ1v) is 12.8. The number of sulfone groups is 1. The summed E-state index contributed by atoms with van der Waals surface area (Å²) in [5.74, 6) is 0. The van der Waals surface area contributed by atoms with Crippen LogP contribution in [0.15, 0.2) is 58.3 Å². The maximum absolute atomic E-state index is 13.0. The van der Waals surface area contributed by atoms with Gasteiger partial charge in [0.15, 0.2) is 0 Å². The summed E-state index contributed by atoms with van der Waals surface area (Å²) >= 11 is 0. The predicted molar refractivity (Wildman–Crippen MR) is 122 cm³/mol. The molecule has 0 unspecified atom stereocenters. The fourth-order valence-corrected chi connectivity index (χ4v) is 5.90. The molecule has 1 aliphatic rings. The van der Waals surface area contributed by atoms with Crippen LogP contribution in [0.3, 0.4) is 0 Å². The normalized spacial score (nSPS) is 14.4. The van der Waals surface area contributed by atoms with E-state index < -0.39 is 9.84 Å². The standard InChI is InChI=1S/C25H35NO2S/c1-2-3-4-5-6-7-8-9-10-11-16-21-26-22-17-12-14-19-24(22)29(27,28)25-20-15-13-18-23(25)26/h12-15,17-20H,2-11,16,21H2,1H3. The molecule has 0 spiro atoms. The van der Waals surface area contributed by atoms with E-state index in [1.54, 1.807) is 12.1 Å². The molecule has 2 aromatic carbocycles. The van der Waals surface area contributed by atoms with E-state index in [1.807, 2.05) is 36.4 Å². The lowest BCUT2D eigenvalue weighted by Crippen LogP contribution is -2.26. The highest BCUT2D eigenvalue weighted by atomic mass is 32.2. The van der Waals surface area contributed by atoms with Gasteiger partial charge in [0.2, 0.25) is 9.84 Å². The van der Waals surface area contributed by atoms with Gasteiger partial charge in [-0.2, -0.15) is 0 Å². The summed E-state index contributed by atoms with van der Waals surface area (Å²) in [4.78, 5) is 3.06. The monoisotopic (exact) mass is 413 g/mol. The molecule has 2 aromatic rings. The van der Waals surface area contributed by atoms with Crippen molar-refractivity contribution in [2.24, 2.45) is 0 Å². The predicted octanol–water partition coefficient (Wildman–Crippen LogP) is 7.28. The van der Waals surface area contributed by atoms with E-state index in [-0.39, 0.29) is 0 Å². The van der Waals surface area contributed by atoms with Crippen LogP contribution in [0.4, 0.5) is 11.4 Å². The molecule has 29 heavy (non-hydrogen) atoms. The number of para-hydroxylation sites is 2. The van der Waals surface area contributed by atoms with E-state index in [9.17, 15) is 8.42 Å². The van der Waals surface area contributed by atoms with Crippen molar-refractivity contribution >= 4 is 21.2 Å². The summed E-state index contributed by atoms with van der Waals surface area (Å²) in [6.07, 6.45) is 14.4. The molecule has 0 saturated carbocycles. The molecule has 0 atom stereocenters. The summed E-state index contributed by atoms with van der Waals surface area (Å²) in [7, 11) is -3.43. The minimum Gasteiger partial charge on any atom is -0.339 e. The molecule has 4 heteroatoms. The fourth-order valence-electron chi connectivity index (χ4n) is 4.24. The van der Waals surface area contributed by atoms with Gasteiger partial charge in [0, 0.05) is 6.54 Å². The number of rotatable bonds is 12. The highest BCUT2D eigenvalue weighted by molar-refractivity contribution is 7.92. The highest BCUT2D eigenvalue weighted by Gasteiger charge is 2.33. The maximum Gasteiger partial charge on any atom is 0.210 e. The molecule has 1 aliphatic heterocycles. The van der Waals surface area contributed by atoms with Gasteiger partial charge in [-0.1, -0.05) is 95.4 Å². The minimum absolute atomic E-state index is 0.432. The number of nitrogens with zero attached hydrogens (tertiary/aromatic N) is 1. The Kier molecular flexibility index (Phi) is 8.17. The van der Waals surface area contributed by atoms with E-state index >= 15 is 0 Å². The molecule has 0 radical (unpaired) electrons. The van der Waals surface area contributed by atoms with Crippen molar-refractivity contribution in [1.29, 1.82) is 0 Å². The van der Waals surface area contributed by atoms with Crippen LogP contribution in [0, 0.1) is 0 Å². The Morgan fingerprint density at radius 1 is 0.621 bits per heavy atom. The molecule has 1 heterocycles. The zero-order valence-electron chi connectivity index (χ0n) is 17.8. The Balaban J connectivity index is 1.50. The van der Waals surface area contributed by atoms with Crippen LogP contribution in [-0.4, -0.2) is 15.0 Å². The van der Waals surface area contributed by atoms with Crippen molar-refractivity contribution in [3.8, 4) is 0 Å². The van der Waals surface area contributed by atoms with Crippen molar-refractivity contribution < 1.29 is 8.42 Å². The van der Waals surface area contributed by atoms with Gasteiger partial charge in [0.1, 0.15) is 0 Å². The Morgan fingerprint density at radius 2 is 1.03 bits per heavy atom. The number of hydrogen-bond donors (Lipinski definition) is 0. The number of fused-ring (bicyclic) bond motifs is 2. The van der Waals surface area contributed by atoms with Crippen LogP contribution in [0.25, 0.3) is 0 Å². The quantitative estimate of drug-likeness (QED) is 0.343. The zero-order chi connectivity index (χ0) is 20.5. The Hall–Kier alpha value is -1.81. The number of hydrogen-bond acceptors (Lipinski definition) is 3. The van der Waals surface area contributed by atoms with Crippen LogP contribution in [0.1, 0.15) is 77.6 Å². The smallest absolute Gasteiger partial charge is 0.210 e. The first-order valence-electron chi connectivity index (χ1n) is 11.4. The minimum atomic E-state index is -3.43. The summed E-state index contributed by atoms with van der Waals surface area (Å²) in [6.45, 7) is 3.13. The lowest BCUT2D eigenvalue weighted by atomic mass is 10.1. The van der Waals surface area contributed by atoms with E-state index in [0.717, 1.165) is 24.3 Å². The third-order valence-electron chi connectivity index (χ3n) is 5.88. The Morgan fingerprint density at radius 3 is 1.52 bits per heavy atom. The molecule has 0 aromatic heterocycles. The van der Waals surface area contributed by atoms with Gasteiger partial charge in [0.05, 0.1) is 21.2 Å². The second kappa shape index (κ2) is 10.8. The number of unbranched alkanes of at least 4 members (excludes halogenated alkanes) is 10. The Bertz CT molecular complexity index is 822. The van der Waals surface area contributed by atoms with E-state index in [2.05, 4.69) is 11.8 Å². The van der Waals surface area contributed by atoms with Crippen molar-refractivity contribution in [2.45, 2.75) is 87.3 Å². The SMILES string of the molecule is CCCCCCCCCCCCCN1c2ccccc2S(=O)(=O)c2ccccc21. The number of anilines is 2. The molecule has 3 nitrogen and oxygen atoms in total. The summed E-state index contributed by atoms with van der Waals surface area (Å²) in [5.41, 5.74) is 1.64. The third kappa shape index (κ3) is 5.42. The third-order valence-corrected chi connectivity index (χ3v) is 7.72. The first kappa shape index (κ1) is 21.9. The maximum atomic E-state index is 13.0. The second-order valence-corrected chi connectivity index (χ2v) is 10.0.